The van der Waals surface area contributed by atoms with Crippen molar-refractivity contribution < 1.29 is 4.74 Å². The third-order valence-corrected chi connectivity index (χ3v) is 14.9. The highest BCUT2D eigenvalue weighted by Gasteiger charge is 2.35. The molecule has 1 aliphatic carbocycles. The van der Waals surface area contributed by atoms with Gasteiger partial charge in [0.2, 0.25) is 0 Å². The maximum atomic E-state index is 6.11. The number of benzene rings is 9. The van der Waals surface area contributed by atoms with Crippen molar-refractivity contribution in [2.45, 2.75) is 85.5 Å². The second-order valence-electron chi connectivity index (χ2n) is 20.2. The van der Waals surface area contributed by atoms with Crippen LogP contribution in [0, 0.1) is 20.8 Å². The molecular weight excluding hydrogens is 861 g/mol. The highest BCUT2D eigenvalue weighted by atomic mass is 16.5. The van der Waals surface area contributed by atoms with Crippen molar-refractivity contribution in [3.05, 3.63) is 245 Å². The van der Waals surface area contributed by atoms with E-state index in [1.54, 1.807) is 0 Å². The monoisotopic (exact) mass is 927 g/mol. The smallest absolute Gasteiger partial charge is 0.119 e. The highest BCUT2D eigenvalue weighted by Crippen LogP contribution is 2.51. The van der Waals surface area contributed by atoms with Gasteiger partial charge in [0, 0.05) is 33.9 Å². The van der Waals surface area contributed by atoms with Gasteiger partial charge in [0.1, 0.15) is 5.75 Å². The van der Waals surface area contributed by atoms with Crippen LogP contribution in [0.1, 0.15) is 91.8 Å². The lowest BCUT2D eigenvalue weighted by Crippen LogP contribution is -2.16. The fourth-order valence-electron chi connectivity index (χ4n) is 10.8. The molecule has 0 radical (unpaired) electrons. The van der Waals surface area contributed by atoms with Crippen molar-refractivity contribution in [1.29, 1.82) is 0 Å². The average molecular weight is 927 g/mol. The van der Waals surface area contributed by atoms with E-state index in [2.05, 4.69) is 265 Å². The van der Waals surface area contributed by atoms with Gasteiger partial charge >= 0.3 is 0 Å². The summed E-state index contributed by atoms with van der Waals surface area (Å²) in [5.74, 6) is 1.53. The SMILES string of the molecule is CCC(C)c1ccc(OCCCCc2ccc(N(c3ccc(-c4ccc(N(c5ccc(-c6ccccc6)cc5)c5ccc6c(c5)C(C)(C)c5ccccc5-6)cc4)cc3)c3c(C)cc(C)cc3C)cc2)cc1. The van der Waals surface area contributed by atoms with Gasteiger partial charge in [0.15, 0.2) is 0 Å². The number of unbranched alkanes of at least 4 members (excludes halogenated alkanes) is 1. The van der Waals surface area contributed by atoms with Crippen molar-refractivity contribution >= 4 is 34.1 Å². The average Bonchev–Trinajstić information content (AvgIpc) is 3.63. The van der Waals surface area contributed by atoms with Gasteiger partial charge in [-0.2, -0.15) is 0 Å². The van der Waals surface area contributed by atoms with Gasteiger partial charge in [0.25, 0.3) is 0 Å². The summed E-state index contributed by atoms with van der Waals surface area (Å²) < 4.78 is 6.11. The van der Waals surface area contributed by atoms with Gasteiger partial charge < -0.3 is 14.5 Å². The quantitative estimate of drug-likeness (QED) is 0.0898. The molecule has 1 atom stereocenters. The third-order valence-electron chi connectivity index (χ3n) is 14.9. The van der Waals surface area contributed by atoms with E-state index in [9.17, 15) is 0 Å². The molecule has 0 N–H and O–H groups in total. The molecule has 0 saturated heterocycles. The topological polar surface area (TPSA) is 15.7 Å². The van der Waals surface area contributed by atoms with Crippen molar-refractivity contribution in [2.24, 2.45) is 0 Å². The molecule has 0 bridgehead atoms. The molecule has 1 unspecified atom stereocenters. The van der Waals surface area contributed by atoms with Crippen molar-refractivity contribution in [3.8, 4) is 39.1 Å². The van der Waals surface area contributed by atoms with E-state index in [4.69, 9.17) is 4.74 Å². The summed E-state index contributed by atoms with van der Waals surface area (Å²) in [6.07, 6.45) is 4.26. The largest absolute Gasteiger partial charge is 0.494 e. The van der Waals surface area contributed by atoms with Crippen molar-refractivity contribution in [3.63, 3.8) is 0 Å². The zero-order valence-corrected chi connectivity index (χ0v) is 42.5. The lowest BCUT2D eigenvalue weighted by molar-refractivity contribution is 0.307. The van der Waals surface area contributed by atoms with E-state index in [1.807, 2.05) is 0 Å². The molecule has 0 aliphatic heterocycles. The number of aryl methyl sites for hydroxylation is 4. The Morgan fingerprint density at radius 3 is 1.54 bits per heavy atom. The summed E-state index contributed by atoms with van der Waals surface area (Å²) >= 11 is 0. The predicted molar refractivity (Wildman–Crippen MR) is 302 cm³/mol. The van der Waals surface area contributed by atoms with E-state index in [0.717, 1.165) is 66.5 Å². The van der Waals surface area contributed by atoms with E-state index < -0.39 is 0 Å². The summed E-state index contributed by atoms with van der Waals surface area (Å²) in [6, 6.07) is 76.1. The molecule has 0 aromatic heterocycles. The second kappa shape index (κ2) is 20.4. The van der Waals surface area contributed by atoms with Gasteiger partial charge in [-0.25, -0.2) is 0 Å². The summed E-state index contributed by atoms with van der Waals surface area (Å²) in [5.41, 5.74) is 23.5. The highest BCUT2D eigenvalue weighted by molar-refractivity contribution is 5.87. The Kier molecular flexibility index (Phi) is 13.5. The number of ether oxygens (including phenoxy) is 1. The number of anilines is 6. The summed E-state index contributed by atoms with van der Waals surface area (Å²) in [4.78, 5) is 4.83. The molecule has 9 aromatic rings. The van der Waals surface area contributed by atoms with Crippen LogP contribution in [0.5, 0.6) is 5.75 Å². The number of fused-ring (bicyclic) bond motifs is 3. The van der Waals surface area contributed by atoms with Crippen molar-refractivity contribution in [2.75, 3.05) is 16.4 Å². The summed E-state index contributed by atoms with van der Waals surface area (Å²) in [7, 11) is 0. The maximum absolute atomic E-state index is 6.11. The minimum Gasteiger partial charge on any atom is -0.494 e. The Balaban J connectivity index is 0.896. The molecule has 0 spiro atoms. The summed E-state index contributed by atoms with van der Waals surface area (Å²) in [6.45, 7) is 16.6. The molecule has 3 nitrogen and oxygen atoms in total. The predicted octanol–water partition coefficient (Wildman–Crippen LogP) is 19.1. The Morgan fingerprint density at radius 2 is 0.958 bits per heavy atom. The van der Waals surface area contributed by atoms with Crippen LogP contribution in [0.25, 0.3) is 33.4 Å². The van der Waals surface area contributed by atoms with Crippen LogP contribution in [0.15, 0.2) is 206 Å². The normalized spacial score (nSPS) is 12.8. The Bertz CT molecular complexity index is 3220. The molecule has 10 rings (SSSR count). The van der Waals surface area contributed by atoms with Gasteiger partial charge in [-0.05, 0) is 192 Å². The Hall–Kier alpha value is -7.62. The first kappa shape index (κ1) is 47.1. The van der Waals surface area contributed by atoms with Crippen LogP contribution in [0.2, 0.25) is 0 Å². The first-order valence-electron chi connectivity index (χ1n) is 25.7. The van der Waals surface area contributed by atoms with Crippen LogP contribution in [-0.2, 0) is 11.8 Å². The van der Waals surface area contributed by atoms with Gasteiger partial charge in [-0.15, -0.1) is 0 Å². The van der Waals surface area contributed by atoms with Crippen LogP contribution in [0.4, 0.5) is 34.1 Å². The lowest BCUT2D eigenvalue weighted by atomic mass is 9.82. The van der Waals surface area contributed by atoms with Crippen molar-refractivity contribution in [1.82, 2.24) is 0 Å². The van der Waals surface area contributed by atoms with Crippen LogP contribution in [-0.4, -0.2) is 6.61 Å². The number of hydrogen-bond acceptors (Lipinski definition) is 3. The minimum atomic E-state index is -0.103. The molecule has 0 saturated carbocycles. The van der Waals surface area contributed by atoms with Crippen LogP contribution < -0.4 is 14.5 Å². The second-order valence-corrected chi connectivity index (χ2v) is 20.2. The van der Waals surface area contributed by atoms with E-state index in [1.165, 1.54) is 78.0 Å². The molecule has 71 heavy (non-hydrogen) atoms. The minimum absolute atomic E-state index is 0.103. The maximum Gasteiger partial charge on any atom is 0.119 e. The lowest BCUT2D eigenvalue weighted by Gasteiger charge is -2.29. The van der Waals surface area contributed by atoms with E-state index in [0.29, 0.717) is 5.92 Å². The zero-order chi connectivity index (χ0) is 49.1. The number of nitrogens with zero attached hydrogens (tertiary/aromatic N) is 2. The van der Waals surface area contributed by atoms with E-state index >= 15 is 0 Å². The molecule has 1 aliphatic rings. The molecular formula is C68H66N2O. The Labute approximate surface area is 423 Å². The molecule has 9 aromatic carbocycles. The van der Waals surface area contributed by atoms with E-state index in [-0.39, 0.29) is 5.41 Å². The third kappa shape index (κ3) is 9.79. The molecule has 0 heterocycles. The summed E-state index contributed by atoms with van der Waals surface area (Å²) in [5, 5.41) is 0. The van der Waals surface area contributed by atoms with Gasteiger partial charge in [-0.1, -0.05) is 167 Å². The van der Waals surface area contributed by atoms with Gasteiger partial charge in [0.05, 0.1) is 12.3 Å². The number of hydrogen-bond donors (Lipinski definition) is 0. The molecule has 3 heteroatoms. The fourth-order valence-corrected chi connectivity index (χ4v) is 10.8. The van der Waals surface area contributed by atoms with Crippen LogP contribution in [0.3, 0.4) is 0 Å². The molecule has 354 valence electrons. The van der Waals surface area contributed by atoms with Gasteiger partial charge in [-0.3, -0.25) is 0 Å². The Morgan fingerprint density at radius 1 is 0.465 bits per heavy atom. The first-order chi connectivity index (χ1) is 34.5. The first-order valence-corrected chi connectivity index (χ1v) is 25.7. The van der Waals surface area contributed by atoms with Crippen LogP contribution >= 0.6 is 0 Å². The molecule has 0 amide bonds. The standard InChI is InChI=1S/C68H66N2O/c1-8-48(3)52-29-40-62(41-30-52)71-43-15-14-16-51-21-31-59(32-22-51)70(67-49(4)44-47(2)45-50(67)5)60-37-27-56(28-38-60)55-25-35-58(36-26-55)69(57-33-23-54(24-34-57)53-17-10-9-11-18-53)61-39-42-64-63-19-12-13-20-65(63)68(6,7)66(64)46-61/h9-13,17-42,44-46,48H,8,14-16,43H2,1-7H3. The molecule has 0 fully saturated rings. The number of rotatable bonds is 16. The fraction of sp³-hybridized carbons (Fsp3) is 0.206. The zero-order valence-electron chi connectivity index (χ0n) is 42.5.